The molecule has 2 atom stereocenters. The summed E-state index contributed by atoms with van der Waals surface area (Å²) in [7, 11) is 1.73. The standard InChI is InChI=1S/C10H20N2OS/c1-8-7-14-10(12-9(8)2)11-5-4-6-13-3/h8-9H,4-7H2,1-3H3,(H,11,12). The van der Waals surface area contributed by atoms with Crippen molar-refractivity contribution >= 4 is 16.9 Å². The molecule has 1 rings (SSSR count). The van der Waals surface area contributed by atoms with Gasteiger partial charge in [-0.15, -0.1) is 0 Å². The molecule has 4 heteroatoms. The van der Waals surface area contributed by atoms with Crippen LogP contribution in [-0.2, 0) is 4.74 Å². The monoisotopic (exact) mass is 216 g/mol. The van der Waals surface area contributed by atoms with Crippen molar-refractivity contribution in [1.82, 2.24) is 5.32 Å². The van der Waals surface area contributed by atoms with Crippen LogP contribution in [0.4, 0.5) is 0 Å². The molecular weight excluding hydrogens is 196 g/mol. The third-order valence-electron chi connectivity index (χ3n) is 2.45. The number of hydrogen-bond acceptors (Lipinski definition) is 3. The number of thioether (sulfide) groups is 1. The normalized spacial score (nSPS) is 30.4. The van der Waals surface area contributed by atoms with E-state index in [-0.39, 0.29) is 0 Å². The van der Waals surface area contributed by atoms with Crippen molar-refractivity contribution in [2.45, 2.75) is 26.3 Å². The molecule has 0 spiro atoms. The lowest BCUT2D eigenvalue weighted by Gasteiger charge is -2.28. The third kappa shape index (κ3) is 3.88. The van der Waals surface area contributed by atoms with E-state index in [2.05, 4.69) is 24.2 Å². The van der Waals surface area contributed by atoms with Gasteiger partial charge in [-0.3, -0.25) is 4.99 Å². The van der Waals surface area contributed by atoms with Crippen LogP contribution in [0.25, 0.3) is 0 Å². The van der Waals surface area contributed by atoms with E-state index in [0.29, 0.717) is 6.04 Å². The first kappa shape index (κ1) is 11.9. The summed E-state index contributed by atoms with van der Waals surface area (Å²) in [4.78, 5) is 4.49. The average molecular weight is 216 g/mol. The Hall–Kier alpha value is -0.220. The predicted molar refractivity (Wildman–Crippen MR) is 63.0 cm³/mol. The number of nitrogens with zero attached hydrogens (tertiary/aromatic N) is 1. The van der Waals surface area contributed by atoms with Gasteiger partial charge in [-0.1, -0.05) is 18.7 Å². The van der Waals surface area contributed by atoms with Gasteiger partial charge in [0, 0.05) is 32.1 Å². The summed E-state index contributed by atoms with van der Waals surface area (Å²) in [5.74, 6) is 1.91. The first-order chi connectivity index (χ1) is 6.74. The fourth-order valence-corrected chi connectivity index (χ4v) is 2.38. The summed E-state index contributed by atoms with van der Waals surface area (Å²) < 4.78 is 4.97. The van der Waals surface area contributed by atoms with E-state index in [0.717, 1.165) is 30.7 Å². The van der Waals surface area contributed by atoms with Crippen molar-refractivity contribution in [3.8, 4) is 0 Å². The first-order valence-electron chi connectivity index (χ1n) is 5.16. The van der Waals surface area contributed by atoms with Gasteiger partial charge in [0.15, 0.2) is 5.17 Å². The summed E-state index contributed by atoms with van der Waals surface area (Å²) >= 11 is 1.83. The van der Waals surface area contributed by atoms with Crippen molar-refractivity contribution < 1.29 is 4.74 Å². The molecule has 2 unspecified atom stereocenters. The molecule has 82 valence electrons. The Morgan fingerprint density at radius 1 is 1.57 bits per heavy atom. The highest BCUT2D eigenvalue weighted by Crippen LogP contribution is 2.19. The Kier molecular flexibility index (Phi) is 5.33. The van der Waals surface area contributed by atoms with Crippen LogP contribution in [-0.4, -0.2) is 37.2 Å². The average Bonchev–Trinajstić information content (AvgIpc) is 2.18. The van der Waals surface area contributed by atoms with E-state index in [9.17, 15) is 0 Å². The molecular formula is C10H20N2OS. The maximum absolute atomic E-state index is 4.97. The molecule has 0 aromatic rings. The molecule has 1 fully saturated rings. The van der Waals surface area contributed by atoms with Crippen LogP contribution in [0.1, 0.15) is 20.3 Å². The molecule has 0 aliphatic carbocycles. The van der Waals surface area contributed by atoms with Crippen molar-refractivity contribution in [1.29, 1.82) is 0 Å². The number of amidine groups is 1. The number of methoxy groups -OCH3 is 1. The summed E-state index contributed by atoms with van der Waals surface area (Å²) in [6, 6.07) is 0.553. The molecule has 0 radical (unpaired) electrons. The molecule has 1 aliphatic rings. The molecule has 0 amide bonds. The number of ether oxygens (including phenoxy) is 1. The second kappa shape index (κ2) is 6.30. The predicted octanol–water partition coefficient (Wildman–Crippen LogP) is 1.74. The van der Waals surface area contributed by atoms with Crippen molar-refractivity contribution in [3.63, 3.8) is 0 Å². The van der Waals surface area contributed by atoms with E-state index in [1.165, 1.54) is 5.75 Å². The minimum atomic E-state index is 0.553. The molecule has 0 aromatic heterocycles. The van der Waals surface area contributed by atoms with Crippen LogP contribution in [0.2, 0.25) is 0 Å². The van der Waals surface area contributed by atoms with E-state index >= 15 is 0 Å². The number of rotatable bonds is 4. The second-order valence-corrected chi connectivity index (χ2v) is 4.76. The Morgan fingerprint density at radius 3 is 3.00 bits per heavy atom. The number of nitrogens with one attached hydrogen (secondary N) is 1. The third-order valence-corrected chi connectivity index (χ3v) is 3.66. The van der Waals surface area contributed by atoms with Gasteiger partial charge in [0.25, 0.3) is 0 Å². The molecule has 1 saturated heterocycles. The molecule has 0 aromatic carbocycles. The van der Waals surface area contributed by atoms with E-state index < -0.39 is 0 Å². The molecule has 1 aliphatic heterocycles. The molecule has 3 nitrogen and oxygen atoms in total. The largest absolute Gasteiger partial charge is 0.385 e. The fourth-order valence-electron chi connectivity index (χ4n) is 1.21. The van der Waals surface area contributed by atoms with Crippen molar-refractivity contribution in [2.24, 2.45) is 10.9 Å². The Balaban J connectivity index is 2.24. The maximum atomic E-state index is 4.97. The molecule has 14 heavy (non-hydrogen) atoms. The minimum absolute atomic E-state index is 0.553. The lowest BCUT2D eigenvalue weighted by Crippen LogP contribution is -2.41. The molecule has 0 saturated carbocycles. The highest BCUT2D eigenvalue weighted by atomic mass is 32.2. The Bertz CT molecular complexity index is 197. The smallest absolute Gasteiger partial charge is 0.156 e. The van der Waals surface area contributed by atoms with Gasteiger partial charge in [-0.05, 0) is 19.3 Å². The summed E-state index contributed by atoms with van der Waals surface area (Å²) in [6.07, 6.45) is 1.01. The lowest BCUT2D eigenvalue weighted by molar-refractivity contribution is 0.197. The summed E-state index contributed by atoms with van der Waals surface area (Å²) in [5.41, 5.74) is 0. The zero-order valence-electron chi connectivity index (χ0n) is 9.25. The SMILES string of the molecule is COCCCN=C1NC(C)C(C)CS1. The maximum Gasteiger partial charge on any atom is 0.156 e. The second-order valence-electron chi connectivity index (χ2n) is 3.75. The minimum Gasteiger partial charge on any atom is -0.385 e. The van der Waals surface area contributed by atoms with Crippen LogP contribution < -0.4 is 5.32 Å². The van der Waals surface area contributed by atoms with E-state index in [1.807, 2.05) is 11.8 Å². The Morgan fingerprint density at radius 2 is 2.36 bits per heavy atom. The van der Waals surface area contributed by atoms with Gasteiger partial charge in [0.05, 0.1) is 0 Å². The van der Waals surface area contributed by atoms with Crippen molar-refractivity contribution in [3.05, 3.63) is 0 Å². The van der Waals surface area contributed by atoms with Gasteiger partial charge in [0.2, 0.25) is 0 Å². The van der Waals surface area contributed by atoms with Crippen LogP contribution >= 0.6 is 11.8 Å². The van der Waals surface area contributed by atoms with Crippen LogP contribution in [0.5, 0.6) is 0 Å². The number of aliphatic imine (C=N–C) groups is 1. The van der Waals surface area contributed by atoms with Gasteiger partial charge in [-0.25, -0.2) is 0 Å². The summed E-state index contributed by atoms with van der Waals surface area (Å²) in [6.45, 7) is 6.15. The zero-order chi connectivity index (χ0) is 10.4. The number of hydrogen-bond donors (Lipinski definition) is 1. The van der Waals surface area contributed by atoms with Crippen LogP contribution in [0.15, 0.2) is 4.99 Å². The van der Waals surface area contributed by atoms with E-state index in [1.54, 1.807) is 7.11 Å². The first-order valence-corrected chi connectivity index (χ1v) is 6.15. The fraction of sp³-hybridized carbons (Fsp3) is 0.900. The Labute approximate surface area is 90.7 Å². The highest BCUT2D eigenvalue weighted by molar-refractivity contribution is 8.13. The molecule has 0 bridgehead atoms. The van der Waals surface area contributed by atoms with Gasteiger partial charge in [0.1, 0.15) is 0 Å². The van der Waals surface area contributed by atoms with Gasteiger partial charge in [-0.2, -0.15) is 0 Å². The molecule has 1 heterocycles. The molecule has 1 N–H and O–H groups in total. The quantitative estimate of drug-likeness (QED) is 0.727. The summed E-state index contributed by atoms with van der Waals surface area (Å²) in [5, 5.41) is 4.52. The highest BCUT2D eigenvalue weighted by Gasteiger charge is 2.20. The topological polar surface area (TPSA) is 33.6 Å². The van der Waals surface area contributed by atoms with Gasteiger partial charge >= 0.3 is 0 Å². The zero-order valence-corrected chi connectivity index (χ0v) is 10.1. The lowest BCUT2D eigenvalue weighted by atomic mass is 10.1. The van der Waals surface area contributed by atoms with Gasteiger partial charge < -0.3 is 10.1 Å². The van der Waals surface area contributed by atoms with E-state index in [4.69, 9.17) is 4.74 Å². The van der Waals surface area contributed by atoms with Crippen molar-refractivity contribution in [2.75, 3.05) is 26.0 Å². The van der Waals surface area contributed by atoms with Crippen LogP contribution in [0.3, 0.4) is 0 Å². The van der Waals surface area contributed by atoms with Crippen LogP contribution in [0, 0.1) is 5.92 Å².